The topological polar surface area (TPSA) is 87.4 Å². The first kappa shape index (κ1) is 41.3. The number of nitrogens with two attached hydrogens (primary N) is 1. The molecule has 0 aliphatic rings. The Hall–Kier alpha value is -7.45. The maximum Gasteiger partial charge on any atom is 0.337 e. The molecule has 2 aromatic heterocycles. The average molecular weight is 844 g/mol. The summed E-state index contributed by atoms with van der Waals surface area (Å²) in [5, 5.41) is 23.0. The molecule has 0 radical (unpaired) electrons. The molecule has 62 heavy (non-hydrogen) atoms. The number of aryl methyl sites for hydroxylation is 2. The SMILES string of the molecule is Cc1ccc(-c2ccccc2)cc1N.Cc1ccc(-c2ccccc2)cc1Nc1ccc2sccc2c1.O=C(O)c1ccc(-c2ccccc2)cc1Nc1ccc2sccc2c1. The maximum absolute atomic E-state index is 11.6. The zero-order valence-electron chi connectivity index (χ0n) is 34.4. The highest BCUT2D eigenvalue weighted by Gasteiger charge is 2.13. The molecule has 2 heterocycles. The number of nitrogen functional groups attached to an aromatic ring is 1. The molecule has 0 aliphatic carbocycles. The van der Waals surface area contributed by atoms with Crippen LogP contribution in [0.5, 0.6) is 0 Å². The normalized spacial score (nSPS) is 10.6. The number of thiophene rings is 2. The maximum atomic E-state index is 11.6. The molecular formula is C55H45N3O2S2. The number of hydrogen-bond acceptors (Lipinski definition) is 6. The minimum absolute atomic E-state index is 0.255. The number of nitrogens with one attached hydrogen (secondary N) is 2. The van der Waals surface area contributed by atoms with Crippen molar-refractivity contribution in [1.82, 2.24) is 0 Å². The van der Waals surface area contributed by atoms with Gasteiger partial charge in [0.15, 0.2) is 0 Å². The Morgan fingerprint density at radius 1 is 0.452 bits per heavy atom. The molecule has 0 bridgehead atoms. The van der Waals surface area contributed by atoms with Gasteiger partial charge in [-0.2, -0.15) is 0 Å². The third-order valence-electron chi connectivity index (χ3n) is 10.6. The Labute approximate surface area is 370 Å². The van der Waals surface area contributed by atoms with Crippen molar-refractivity contribution in [3.8, 4) is 33.4 Å². The summed E-state index contributed by atoms with van der Waals surface area (Å²) >= 11 is 3.47. The molecule has 10 rings (SSSR count). The standard InChI is InChI=1S/C21H15NO2S.C21H17NS.C13H13N/c23-21(24)18-8-6-15(14-4-2-1-3-5-14)13-19(18)22-17-7-9-20-16(12-17)10-11-25-20;1-15-7-8-17(16-5-3-2-4-6-16)14-20(15)22-19-9-10-21-18(13-19)11-12-23-21;1-10-7-8-12(9-13(10)14)11-5-3-2-4-6-11/h1-13,22H,(H,23,24);2-14,22H,1H3;2-9H,14H2,1H3. The van der Waals surface area contributed by atoms with Crippen molar-refractivity contribution in [2.45, 2.75) is 13.8 Å². The number of aromatic carboxylic acids is 1. The minimum atomic E-state index is -0.946. The first-order valence-electron chi connectivity index (χ1n) is 20.3. The van der Waals surface area contributed by atoms with E-state index in [0.717, 1.165) is 44.8 Å². The van der Waals surface area contributed by atoms with Crippen LogP contribution in [0.3, 0.4) is 0 Å². The van der Waals surface area contributed by atoms with Gasteiger partial charge in [0.1, 0.15) is 0 Å². The number of carboxylic acid groups (broad SMARTS) is 1. The molecule has 0 saturated heterocycles. The van der Waals surface area contributed by atoms with Crippen LogP contribution in [-0.4, -0.2) is 11.1 Å². The predicted octanol–water partition coefficient (Wildman–Crippen LogP) is 15.9. The second kappa shape index (κ2) is 19.3. The van der Waals surface area contributed by atoms with Crippen LogP contribution in [0.4, 0.5) is 28.4 Å². The molecule has 0 spiro atoms. The highest BCUT2D eigenvalue weighted by Crippen LogP contribution is 2.32. The van der Waals surface area contributed by atoms with Gasteiger partial charge in [-0.25, -0.2) is 4.79 Å². The number of carboxylic acids is 1. The van der Waals surface area contributed by atoms with Crippen molar-refractivity contribution in [3.05, 3.63) is 222 Å². The molecule has 7 heteroatoms. The summed E-state index contributed by atoms with van der Waals surface area (Å²) in [6.45, 7) is 4.16. The summed E-state index contributed by atoms with van der Waals surface area (Å²) < 4.78 is 2.53. The monoisotopic (exact) mass is 843 g/mol. The summed E-state index contributed by atoms with van der Waals surface area (Å²) in [6, 6.07) is 65.6. The van der Waals surface area contributed by atoms with Gasteiger partial charge in [0.2, 0.25) is 0 Å². The fourth-order valence-electron chi connectivity index (χ4n) is 7.06. The highest BCUT2D eigenvalue weighted by atomic mass is 32.1. The third-order valence-corrected chi connectivity index (χ3v) is 12.3. The fourth-order valence-corrected chi connectivity index (χ4v) is 8.60. The molecule has 0 atom stereocenters. The summed E-state index contributed by atoms with van der Waals surface area (Å²) in [6.07, 6.45) is 0. The van der Waals surface area contributed by atoms with Crippen LogP contribution in [0.1, 0.15) is 21.5 Å². The van der Waals surface area contributed by atoms with E-state index in [-0.39, 0.29) is 5.56 Å². The average Bonchev–Trinajstić information content (AvgIpc) is 3.99. The van der Waals surface area contributed by atoms with Gasteiger partial charge in [-0.05, 0) is 153 Å². The lowest BCUT2D eigenvalue weighted by molar-refractivity contribution is 0.0698. The van der Waals surface area contributed by atoms with Crippen LogP contribution >= 0.6 is 22.7 Å². The molecule has 0 fully saturated rings. The largest absolute Gasteiger partial charge is 0.478 e. The van der Waals surface area contributed by atoms with Crippen LogP contribution in [0.2, 0.25) is 0 Å². The van der Waals surface area contributed by atoms with Crippen LogP contribution in [-0.2, 0) is 0 Å². The Balaban J connectivity index is 0.000000133. The Kier molecular flexibility index (Phi) is 12.8. The zero-order valence-corrected chi connectivity index (χ0v) is 36.0. The molecule has 5 N–H and O–H groups in total. The minimum Gasteiger partial charge on any atom is -0.478 e. The molecule has 8 aromatic carbocycles. The second-order valence-electron chi connectivity index (χ2n) is 14.9. The summed E-state index contributed by atoms with van der Waals surface area (Å²) in [5.41, 5.74) is 20.0. The van der Waals surface area contributed by atoms with Crippen molar-refractivity contribution in [3.63, 3.8) is 0 Å². The third kappa shape index (κ3) is 10.1. The van der Waals surface area contributed by atoms with Crippen molar-refractivity contribution >= 4 is 77.3 Å². The molecular weight excluding hydrogens is 799 g/mol. The molecule has 10 aromatic rings. The number of carbonyl (C=O) groups is 1. The smallest absolute Gasteiger partial charge is 0.337 e. The van der Waals surface area contributed by atoms with E-state index in [1.54, 1.807) is 28.7 Å². The highest BCUT2D eigenvalue weighted by molar-refractivity contribution is 7.17. The van der Waals surface area contributed by atoms with E-state index in [4.69, 9.17) is 5.73 Å². The van der Waals surface area contributed by atoms with Crippen LogP contribution in [0.25, 0.3) is 53.6 Å². The summed E-state index contributed by atoms with van der Waals surface area (Å²) in [7, 11) is 0. The van der Waals surface area contributed by atoms with Gasteiger partial charge in [0.05, 0.1) is 11.3 Å². The lowest BCUT2D eigenvalue weighted by Gasteiger charge is -2.12. The quantitative estimate of drug-likeness (QED) is 0.114. The van der Waals surface area contributed by atoms with E-state index in [9.17, 15) is 9.90 Å². The van der Waals surface area contributed by atoms with Crippen molar-refractivity contribution < 1.29 is 9.90 Å². The zero-order chi connectivity index (χ0) is 42.8. The van der Waals surface area contributed by atoms with E-state index < -0.39 is 5.97 Å². The lowest BCUT2D eigenvalue weighted by atomic mass is 10.0. The number of anilines is 5. The van der Waals surface area contributed by atoms with E-state index >= 15 is 0 Å². The Bertz CT molecular complexity index is 3090. The molecule has 0 aliphatic heterocycles. The van der Waals surface area contributed by atoms with Gasteiger partial charge in [0.25, 0.3) is 0 Å². The van der Waals surface area contributed by atoms with Crippen molar-refractivity contribution in [2.24, 2.45) is 0 Å². The first-order chi connectivity index (χ1) is 30.3. The van der Waals surface area contributed by atoms with Gasteiger partial charge in [0, 0.05) is 32.1 Å². The Morgan fingerprint density at radius 2 is 0.887 bits per heavy atom. The molecule has 0 saturated carbocycles. The Morgan fingerprint density at radius 3 is 1.37 bits per heavy atom. The first-order valence-corrected chi connectivity index (χ1v) is 22.0. The van der Waals surface area contributed by atoms with Crippen molar-refractivity contribution in [1.29, 1.82) is 0 Å². The van der Waals surface area contributed by atoms with Gasteiger partial charge >= 0.3 is 5.97 Å². The van der Waals surface area contributed by atoms with Crippen molar-refractivity contribution in [2.75, 3.05) is 16.4 Å². The lowest BCUT2D eigenvalue weighted by Crippen LogP contribution is -2.03. The molecule has 304 valence electrons. The number of fused-ring (bicyclic) bond motifs is 2. The summed E-state index contributed by atoms with van der Waals surface area (Å²) in [5.74, 6) is -0.946. The van der Waals surface area contributed by atoms with E-state index in [1.807, 2.05) is 103 Å². The van der Waals surface area contributed by atoms with E-state index in [2.05, 4.69) is 120 Å². The van der Waals surface area contributed by atoms with E-state index in [1.165, 1.54) is 42.6 Å². The second-order valence-corrected chi connectivity index (χ2v) is 16.8. The van der Waals surface area contributed by atoms with Crippen LogP contribution in [0, 0.1) is 13.8 Å². The van der Waals surface area contributed by atoms with Gasteiger partial charge in [-0.3, -0.25) is 0 Å². The number of benzene rings is 8. The van der Waals surface area contributed by atoms with Gasteiger partial charge < -0.3 is 21.5 Å². The van der Waals surface area contributed by atoms with Crippen LogP contribution in [0.15, 0.2) is 205 Å². The molecule has 5 nitrogen and oxygen atoms in total. The molecule has 0 unspecified atom stereocenters. The van der Waals surface area contributed by atoms with E-state index in [0.29, 0.717) is 5.69 Å². The molecule has 0 amide bonds. The predicted molar refractivity (Wildman–Crippen MR) is 267 cm³/mol. The summed E-state index contributed by atoms with van der Waals surface area (Å²) in [4.78, 5) is 11.6. The van der Waals surface area contributed by atoms with Gasteiger partial charge in [-0.1, -0.05) is 121 Å². The fraction of sp³-hybridized carbons (Fsp3) is 0.0364. The van der Waals surface area contributed by atoms with Crippen LogP contribution < -0.4 is 16.4 Å². The van der Waals surface area contributed by atoms with Gasteiger partial charge in [-0.15, -0.1) is 22.7 Å². The number of rotatable bonds is 8. The number of hydrogen-bond donors (Lipinski definition) is 4.